The van der Waals surface area contributed by atoms with E-state index in [9.17, 15) is 0 Å². The van der Waals surface area contributed by atoms with Gasteiger partial charge >= 0.3 is 0 Å². The third-order valence-corrected chi connectivity index (χ3v) is 12.0. The second-order valence-corrected chi connectivity index (χ2v) is 15.8. The lowest BCUT2D eigenvalue weighted by molar-refractivity contribution is 1.31. The van der Waals surface area contributed by atoms with Gasteiger partial charge in [0.25, 0.3) is 0 Å². The molecule has 11 rings (SSSR count). The first-order valence-corrected chi connectivity index (χ1v) is 21.3. The predicted molar refractivity (Wildman–Crippen MR) is 267 cm³/mol. The quantitative estimate of drug-likeness (QED) is 0.134. The molecule has 62 heavy (non-hydrogen) atoms. The van der Waals surface area contributed by atoms with Crippen LogP contribution in [0.5, 0.6) is 0 Å². The van der Waals surface area contributed by atoms with E-state index in [4.69, 9.17) is 0 Å². The first-order chi connectivity index (χ1) is 30.7. The summed E-state index contributed by atoms with van der Waals surface area (Å²) in [5, 5.41) is 9.75. The molecule has 0 saturated heterocycles. The van der Waals surface area contributed by atoms with Crippen LogP contribution in [0.1, 0.15) is 11.1 Å². The molecule has 0 spiro atoms. The summed E-state index contributed by atoms with van der Waals surface area (Å²) >= 11 is 0. The Balaban J connectivity index is 0.871. The lowest BCUT2D eigenvalue weighted by Crippen LogP contribution is -2.11. The fourth-order valence-corrected chi connectivity index (χ4v) is 8.95. The van der Waals surface area contributed by atoms with E-state index >= 15 is 0 Å². The molecule has 0 saturated carbocycles. The van der Waals surface area contributed by atoms with E-state index in [1.165, 1.54) is 54.2 Å². The van der Waals surface area contributed by atoms with Crippen LogP contribution in [0.3, 0.4) is 0 Å². The third-order valence-electron chi connectivity index (χ3n) is 12.0. The van der Waals surface area contributed by atoms with Crippen molar-refractivity contribution in [3.8, 4) is 11.1 Å². The molecule has 0 amide bonds. The zero-order chi connectivity index (χ0) is 41.2. The highest BCUT2D eigenvalue weighted by molar-refractivity contribution is 6.06. The summed E-state index contributed by atoms with van der Waals surface area (Å²) in [6, 6.07) is 87.5. The van der Waals surface area contributed by atoms with Gasteiger partial charge in [-0.15, -0.1) is 0 Å². The van der Waals surface area contributed by atoms with Gasteiger partial charge in [0.15, 0.2) is 0 Å². The van der Waals surface area contributed by atoms with E-state index in [1.54, 1.807) is 0 Å². The van der Waals surface area contributed by atoms with Crippen LogP contribution in [0.4, 0.5) is 34.1 Å². The highest BCUT2D eigenvalue weighted by atomic mass is 15.2. The summed E-state index contributed by atoms with van der Waals surface area (Å²) in [4.78, 5) is 4.80. The van der Waals surface area contributed by atoms with Crippen LogP contribution < -0.4 is 9.80 Å². The van der Waals surface area contributed by atoms with Crippen molar-refractivity contribution < 1.29 is 0 Å². The molecular formula is C60H42N2. The number of hydrogen-bond acceptors (Lipinski definition) is 2. The zero-order valence-electron chi connectivity index (χ0n) is 34.1. The minimum absolute atomic E-state index is 1.11. The van der Waals surface area contributed by atoms with E-state index in [2.05, 4.69) is 265 Å². The molecule has 0 radical (unpaired) electrons. The van der Waals surface area contributed by atoms with Crippen LogP contribution in [-0.2, 0) is 0 Å². The van der Waals surface area contributed by atoms with Gasteiger partial charge in [-0.2, -0.15) is 0 Å². The van der Waals surface area contributed by atoms with Crippen molar-refractivity contribution >= 4 is 89.4 Å². The van der Waals surface area contributed by atoms with E-state index in [0.29, 0.717) is 0 Å². The molecule has 0 fully saturated rings. The van der Waals surface area contributed by atoms with Crippen molar-refractivity contribution in [2.24, 2.45) is 0 Å². The van der Waals surface area contributed by atoms with Gasteiger partial charge in [-0.25, -0.2) is 0 Å². The Morgan fingerprint density at radius 3 is 0.823 bits per heavy atom. The average Bonchev–Trinajstić information content (AvgIpc) is 3.34. The maximum Gasteiger partial charge on any atom is 0.0540 e. The van der Waals surface area contributed by atoms with Gasteiger partial charge in [-0.1, -0.05) is 206 Å². The lowest BCUT2D eigenvalue weighted by atomic mass is 10.0. The first-order valence-electron chi connectivity index (χ1n) is 21.3. The molecule has 0 heterocycles. The summed E-state index contributed by atoms with van der Waals surface area (Å²) in [6.07, 6.45) is 4.39. The summed E-state index contributed by atoms with van der Waals surface area (Å²) in [5.41, 5.74) is 11.5. The third kappa shape index (κ3) is 6.94. The fraction of sp³-hybridized carbons (Fsp3) is 0. The van der Waals surface area contributed by atoms with Crippen molar-refractivity contribution in [2.45, 2.75) is 0 Å². The van der Waals surface area contributed by atoms with Crippen LogP contribution in [-0.4, -0.2) is 0 Å². The molecule has 0 aliphatic rings. The van der Waals surface area contributed by atoms with Crippen LogP contribution in [0, 0.1) is 0 Å². The van der Waals surface area contributed by atoms with Crippen molar-refractivity contribution in [1.29, 1.82) is 0 Å². The molecule has 2 heteroatoms. The molecule has 0 atom stereocenters. The standard InChI is InChI=1S/C60H42N2/c1-5-21-53-47(13-1)17-9-25-57(53)61(58-26-10-18-48-14-2-6-22-54(48)58)51-39-33-44(34-40-51)30-29-43-31-35-45(36-32-43)46-37-41-52(42-38-46)62(59-27-11-19-49-15-3-7-23-55(49)59)60-28-12-20-50-16-4-8-24-56(50)60/h1-42H/b30-29-. The average molecular weight is 791 g/mol. The minimum Gasteiger partial charge on any atom is -0.309 e. The molecule has 11 aromatic rings. The molecule has 0 aromatic heterocycles. The molecule has 292 valence electrons. The summed E-state index contributed by atoms with van der Waals surface area (Å²) in [5.74, 6) is 0. The Bertz CT molecular complexity index is 3220. The maximum absolute atomic E-state index is 2.40. The van der Waals surface area contributed by atoms with E-state index in [1.807, 2.05) is 0 Å². The monoisotopic (exact) mass is 790 g/mol. The number of benzene rings is 11. The minimum atomic E-state index is 1.11. The Labute approximate surface area is 362 Å². The van der Waals surface area contributed by atoms with Crippen molar-refractivity contribution in [3.05, 3.63) is 254 Å². The second kappa shape index (κ2) is 16.1. The van der Waals surface area contributed by atoms with Crippen LogP contribution >= 0.6 is 0 Å². The Morgan fingerprint density at radius 2 is 0.484 bits per heavy atom. The van der Waals surface area contributed by atoms with Crippen molar-refractivity contribution in [1.82, 2.24) is 0 Å². The molecule has 2 nitrogen and oxygen atoms in total. The van der Waals surface area contributed by atoms with Gasteiger partial charge in [0, 0.05) is 32.9 Å². The normalized spacial score (nSPS) is 11.5. The number of fused-ring (bicyclic) bond motifs is 4. The summed E-state index contributed by atoms with van der Waals surface area (Å²) < 4.78 is 0. The Kier molecular flexibility index (Phi) is 9.57. The van der Waals surface area contributed by atoms with Crippen LogP contribution in [0.2, 0.25) is 0 Å². The zero-order valence-corrected chi connectivity index (χ0v) is 34.1. The summed E-state index contributed by atoms with van der Waals surface area (Å²) in [7, 11) is 0. The highest BCUT2D eigenvalue weighted by Crippen LogP contribution is 2.44. The molecule has 0 aliphatic carbocycles. The predicted octanol–water partition coefficient (Wildman–Crippen LogP) is 17.1. The number of rotatable bonds is 9. The van der Waals surface area contributed by atoms with Gasteiger partial charge in [-0.05, 0) is 92.3 Å². The van der Waals surface area contributed by atoms with Gasteiger partial charge < -0.3 is 9.80 Å². The smallest absolute Gasteiger partial charge is 0.0540 e. The molecular weight excluding hydrogens is 749 g/mol. The number of hydrogen-bond donors (Lipinski definition) is 0. The van der Waals surface area contributed by atoms with Gasteiger partial charge in [0.2, 0.25) is 0 Å². The van der Waals surface area contributed by atoms with Crippen molar-refractivity contribution in [3.63, 3.8) is 0 Å². The van der Waals surface area contributed by atoms with Crippen LogP contribution in [0.15, 0.2) is 243 Å². The molecule has 0 bridgehead atoms. The molecule has 0 aliphatic heterocycles. The molecule has 0 N–H and O–H groups in total. The summed E-state index contributed by atoms with van der Waals surface area (Å²) in [6.45, 7) is 0. The van der Waals surface area contributed by atoms with E-state index in [-0.39, 0.29) is 0 Å². The first kappa shape index (κ1) is 36.8. The number of anilines is 6. The highest BCUT2D eigenvalue weighted by Gasteiger charge is 2.19. The lowest BCUT2D eigenvalue weighted by Gasteiger charge is -2.28. The van der Waals surface area contributed by atoms with Crippen LogP contribution in [0.25, 0.3) is 66.4 Å². The van der Waals surface area contributed by atoms with Gasteiger partial charge in [-0.3, -0.25) is 0 Å². The topological polar surface area (TPSA) is 6.48 Å². The van der Waals surface area contributed by atoms with E-state index in [0.717, 1.165) is 45.3 Å². The Hall–Kier alpha value is -8.20. The second-order valence-electron chi connectivity index (χ2n) is 15.8. The maximum atomic E-state index is 2.40. The van der Waals surface area contributed by atoms with E-state index < -0.39 is 0 Å². The van der Waals surface area contributed by atoms with Crippen molar-refractivity contribution in [2.75, 3.05) is 9.80 Å². The SMILES string of the molecule is C(=C/c1ccc(N(c2cccc3ccccc23)c2cccc3ccccc23)cc1)/c1ccc(-c2ccc(N(c3cccc4ccccc34)c3cccc4ccccc34)cc2)cc1. The van der Waals surface area contributed by atoms with Gasteiger partial charge in [0.05, 0.1) is 22.7 Å². The molecule has 11 aromatic carbocycles. The largest absolute Gasteiger partial charge is 0.309 e. The number of nitrogens with zero attached hydrogens (tertiary/aromatic N) is 2. The molecule has 0 unspecified atom stereocenters. The fourth-order valence-electron chi connectivity index (χ4n) is 8.95. The Morgan fingerprint density at radius 1 is 0.226 bits per heavy atom. The van der Waals surface area contributed by atoms with Gasteiger partial charge in [0.1, 0.15) is 0 Å².